The highest BCUT2D eigenvalue weighted by Crippen LogP contribution is 2.41. The predicted octanol–water partition coefficient (Wildman–Crippen LogP) is 4.39. The van der Waals surface area contributed by atoms with Gasteiger partial charge in [-0.1, -0.05) is 6.07 Å². The summed E-state index contributed by atoms with van der Waals surface area (Å²) < 4.78 is 34.5. The van der Waals surface area contributed by atoms with Gasteiger partial charge in [-0.05, 0) is 49.1 Å². The van der Waals surface area contributed by atoms with Gasteiger partial charge in [-0.25, -0.2) is 23.4 Å². The first-order valence-corrected chi connectivity index (χ1v) is 12.0. The van der Waals surface area contributed by atoms with Gasteiger partial charge in [-0.2, -0.15) is 15.3 Å². The highest BCUT2D eigenvalue weighted by Gasteiger charge is 2.27. The van der Waals surface area contributed by atoms with E-state index in [9.17, 15) is 8.78 Å². The SMILES string of the molecule is COc1c(Nc2cc(Cc3cc4c(nn3)CCC4)nc3c2N=C(C(F)F)C3)cccc1-c1ncnn1C. The molecule has 0 saturated carbocycles. The summed E-state index contributed by atoms with van der Waals surface area (Å²) in [6, 6.07) is 9.51. The van der Waals surface area contributed by atoms with Crippen LogP contribution in [0.1, 0.15) is 34.8 Å². The van der Waals surface area contributed by atoms with Crippen molar-refractivity contribution in [3.63, 3.8) is 0 Å². The Balaban J connectivity index is 1.40. The van der Waals surface area contributed by atoms with Crippen molar-refractivity contribution in [3.8, 4) is 17.1 Å². The Hall–Kier alpha value is -4.28. The van der Waals surface area contributed by atoms with E-state index in [-0.39, 0.29) is 12.1 Å². The Morgan fingerprint density at radius 2 is 1.97 bits per heavy atom. The minimum Gasteiger partial charge on any atom is -0.494 e. The molecule has 11 heteroatoms. The fourth-order valence-corrected chi connectivity index (χ4v) is 4.93. The Bertz CT molecular complexity index is 1530. The van der Waals surface area contributed by atoms with Crippen LogP contribution in [0.3, 0.4) is 0 Å². The van der Waals surface area contributed by atoms with Crippen LogP contribution in [0.4, 0.5) is 25.8 Å². The molecule has 0 radical (unpaired) electrons. The molecule has 0 saturated heterocycles. The van der Waals surface area contributed by atoms with Crippen LogP contribution < -0.4 is 10.1 Å². The molecule has 1 N–H and O–H groups in total. The fraction of sp³-hybridized carbons (Fsp3) is 0.308. The van der Waals surface area contributed by atoms with Crippen LogP contribution in [-0.2, 0) is 32.7 Å². The van der Waals surface area contributed by atoms with Crippen molar-refractivity contribution < 1.29 is 13.5 Å². The molecule has 1 aliphatic carbocycles. The first-order valence-electron chi connectivity index (χ1n) is 12.0. The third kappa shape index (κ3) is 4.30. The zero-order chi connectivity index (χ0) is 25.5. The molecule has 1 aliphatic heterocycles. The molecule has 0 fully saturated rings. The highest BCUT2D eigenvalue weighted by molar-refractivity contribution is 5.98. The number of para-hydroxylation sites is 1. The lowest BCUT2D eigenvalue weighted by molar-refractivity contribution is 0.224. The monoisotopic (exact) mass is 502 g/mol. The molecular weight excluding hydrogens is 478 g/mol. The van der Waals surface area contributed by atoms with Crippen molar-refractivity contribution in [1.82, 2.24) is 29.9 Å². The van der Waals surface area contributed by atoms with E-state index >= 15 is 0 Å². The zero-order valence-electron chi connectivity index (χ0n) is 20.4. The molecule has 188 valence electrons. The molecule has 2 aliphatic rings. The molecule has 9 nitrogen and oxygen atoms in total. The maximum absolute atomic E-state index is 13.6. The Kier molecular flexibility index (Phi) is 5.82. The zero-order valence-corrected chi connectivity index (χ0v) is 20.4. The van der Waals surface area contributed by atoms with Crippen molar-refractivity contribution in [1.29, 1.82) is 0 Å². The van der Waals surface area contributed by atoms with Gasteiger partial charge in [0.25, 0.3) is 6.43 Å². The molecule has 0 spiro atoms. The van der Waals surface area contributed by atoms with E-state index in [1.807, 2.05) is 24.3 Å². The normalized spacial score (nSPS) is 14.0. The highest BCUT2D eigenvalue weighted by atomic mass is 19.3. The van der Waals surface area contributed by atoms with Gasteiger partial charge in [0.1, 0.15) is 12.0 Å². The van der Waals surface area contributed by atoms with E-state index in [0.717, 1.165) is 36.2 Å². The van der Waals surface area contributed by atoms with E-state index < -0.39 is 6.43 Å². The van der Waals surface area contributed by atoms with Crippen molar-refractivity contribution >= 4 is 22.8 Å². The van der Waals surface area contributed by atoms with Crippen molar-refractivity contribution in [3.05, 3.63) is 65.0 Å². The summed E-state index contributed by atoms with van der Waals surface area (Å²) in [6.07, 6.45) is 2.29. The molecule has 37 heavy (non-hydrogen) atoms. The number of nitrogens with one attached hydrogen (secondary N) is 1. The lowest BCUT2D eigenvalue weighted by Gasteiger charge is -2.17. The molecule has 4 aromatic rings. The molecule has 0 unspecified atom stereocenters. The van der Waals surface area contributed by atoms with Crippen LogP contribution in [0.5, 0.6) is 5.75 Å². The molecule has 0 bridgehead atoms. The topological polar surface area (TPSA) is 103 Å². The lowest BCUT2D eigenvalue weighted by Crippen LogP contribution is -2.10. The number of rotatable bonds is 7. The van der Waals surface area contributed by atoms with E-state index in [2.05, 4.69) is 41.6 Å². The van der Waals surface area contributed by atoms with Crippen LogP contribution >= 0.6 is 0 Å². The number of pyridine rings is 1. The quantitative estimate of drug-likeness (QED) is 0.400. The Morgan fingerprint density at radius 1 is 1.08 bits per heavy atom. The summed E-state index contributed by atoms with van der Waals surface area (Å²) in [5.41, 5.74) is 6.44. The van der Waals surface area contributed by atoms with Gasteiger partial charge in [-0.15, -0.1) is 0 Å². The molecule has 0 amide bonds. The summed E-state index contributed by atoms with van der Waals surface area (Å²) in [6.45, 7) is 0. The second kappa shape index (κ2) is 9.30. The smallest absolute Gasteiger partial charge is 0.277 e. The van der Waals surface area contributed by atoms with Crippen molar-refractivity contribution in [2.75, 3.05) is 12.4 Å². The first kappa shape index (κ1) is 23.1. The number of aliphatic imine (C=N–C) groups is 1. The number of aromatic nitrogens is 6. The minimum atomic E-state index is -2.65. The maximum Gasteiger partial charge on any atom is 0.277 e. The third-order valence-corrected chi connectivity index (χ3v) is 6.65. The van der Waals surface area contributed by atoms with Gasteiger partial charge in [0.15, 0.2) is 11.6 Å². The van der Waals surface area contributed by atoms with Gasteiger partial charge >= 0.3 is 0 Å². The molecule has 6 rings (SSSR count). The van der Waals surface area contributed by atoms with E-state index in [0.29, 0.717) is 46.4 Å². The van der Waals surface area contributed by atoms with Gasteiger partial charge in [-0.3, -0.25) is 4.98 Å². The second-order valence-corrected chi connectivity index (χ2v) is 9.09. The average Bonchev–Trinajstić information content (AvgIpc) is 3.63. The number of aryl methyl sites for hydroxylation is 3. The van der Waals surface area contributed by atoms with E-state index in [1.54, 1.807) is 18.8 Å². The summed E-state index contributed by atoms with van der Waals surface area (Å²) in [4.78, 5) is 13.2. The van der Waals surface area contributed by atoms with Crippen LogP contribution in [-0.4, -0.2) is 49.2 Å². The second-order valence-electron chi connectivity index (χ2n) is 9.09. The standard InChI is InChI=1S/C26H24F2N8O/c1-36-26(29-13-30-36)17-6-4-8-19(24(17)37-2)32-20-11-15(31-21-12-22(25(27)28)33-23(20)21)10-16-9-14-5-3-7-18(14)35-34-16/h4,6,8-9,11,13,25H,3,5,7,10,12H2,1-2H3,(H,31,32). The largest absolute Gasteiger partial charge is 0.494 e. The molecule has 0 atom stereocenters. The van der Waals surface area contributed by atoms with Crippen LogP contribution in [0.25, 0.3) is 11.4 Å². The summed E-state index contributed by atoms with van der Waals surface area (Å²) in [5, 5.41) is 16.3. The number of benzene rings is 1. The number of nitrogens with zero attached hydrogens (tertiary/aromatic N) is 7. The number of methoxy groups -OCH3 is 1. The number of halogens is 2. The average molecular weight is 503 g/mol. The predicted molar refractivity (Wildman–Crippen MR) is 134 cm³/mol. The number of ether oxygens (including phenoxy) is 1. The molecule has 3 aromatic heterocycles. The summed E-state index contributed by atoms with van der Waals surface area (Å²) in [5.74, 6) is 1.18. The number of hydrogen-bond donors (Lipinski definition) is 1. The lowest BCUT2D eigenvalue weighted by atomic mass is 10.1. The third-order valence-electron chi connectivity index (χ3n) is 6.65. The molecular formula is C26H24F2N8O. The number of hydrogen-bond acceptors (Lipinski definition) is 8. The maximum atomic E-state index is 13.6. The summed E-state index contributed by atoms with van der Waals surface area (Å²) >= 11 is 0. The van der Waals surface area contributed by atoms with Crippen molar-refractivity contribution in [2.45, 2.75) is 38.5 Å². The minimum absolute atomic E-state index is 0.00149. The van der Waals surface area contributed by atoms with E-state index in [1.165, 1.54) is 11.9 Å². The van der Waals surface area contributed by atoms with Crippen LogP contribution in [0.2, 0.25) is 0 Å². The molecule has 1 aromatic carbocycles. The number of fused-ring (bicyclic) bond motifs is 2. The molecule has 4 heterocycles. The number of anilines is 2. The van der Waals surface area contributed by atoms with Crippen LogP contribution in [0.15, 0.2) is 41.7 Å². The fourth-order valence-electron chi connectivity index (χ4n) is 4.93. The van der Waals surface area contributed by atoms with Gasteiger partial charge < -0.3 is 10.1 Å². The first-order chi connectivity index (χ1) is 18.0. The Morgan fingerprint density at radius 3 is 2.76 bits per heavy atom. The summed E-state index contributed by atoms with van der Waals surface area (Å²) in [7, 11) is 3.37. The van der Waals surface area contributed by atoms with Gasteiger partial charge in [0.05, 0.1) is 46.8 Å². The van der Waals surface area contributed by atoms with Gasteiger partial charge in [0.2, 0.25) is 0 Å². The van der Waals surface area contributed by atoms with Gasteiger partial charge in [0, 0.05) is 25.6 Å². The number of alkyl halides is 2. The van der Waals surface area contributed by atoms with Crippen molar-refractivity contribution in [2.24, 2.45) is 12.0 Å². The van der Waals surface area contributed by atoms with E-state index in [4.69, 9.17) is 4.74 Å². The Labute approximate surface area is 211 Å². The van der Waals surface area contributed by atoms with Crippen LogP contribution in [0, 0.1) is 0 Å².